The number of hydrogen-bond acceptors (Lipinski definition) is 5. The average Bonchev–Trinajstić information content (AvgIpc) is 3.43. The van der Waals surface area contributed by atoms with Gasteiger partial charge in [-0.2, -0.15) is 0 Å². The number of carbonyl (C=O) groups is 1. The number of benzene rings is 2. The molecule has 11 heteroatoms. The van der Waals surface area contributed by atoms with Crippen LogP contribution >= 0.6 is 34.8 Å². The summed E-state index contributed by atoms with van der Waals surface area (Å²) >= 11 is 18.6. The van der Waals surface area contributed by atoms with Crippen molar-refractivity contribution in [1.29, 1.82) is 0 Å². The Hall–Kier alpha value is -2.94. The largest absolute Gasteiger partial charge is 0.340 e. The first kappa shape index (κ1) is 28.6. The van der Waals surface area contributed by atoms with Crippen molar-refractivity contribution in [2.75, 3.05) is 6.54 Å². The molecule has 2 aromatic carbocycles. The van der Waals surface area contributed by atoms with E-state index in [9.17, 15) is 9.59 Å². The van der Waals surface area contributed by atoms with E-state index in [0.717, 1.165) is 42.4 Å². The molecule has 0 bridgehead atoms. The van der Waals surface area contributed by atoms with Crippen molar-refractivity contribution in [2.45, 2.75) is 70.9 Å². The maximum Gasteiger partial charge on any atom is 0.272 e. The molecule has 0 aliphatic carbocycles. The Morgan fingerprint density at radius 2 is 1.88 bits per heavy atom. The van der Waals surface area contributed by atoms with Crippen molar-refractivity contribution < 1.29 is 4.79 Å². The van der Waals surface area contributed by atoms with E-state index < -0.39 is 0 Å². The number of fused-ring (bicyclic) bond motifs is 1. The molecule has 1 aliphatic heterocycles. The molecule has 210 valence electrons. The summed E-state index contributed by atoms with van der Waals surface area (Å²) in [5.41, 5.74) is 3.41. The Bertz CT molecular complexity index is 1600. The fourth-order valence-electron chi connectivity index (χ4n) is 5.40. The molecular weight excluding hydrogens is 571 g/mol. The number of hydrogen-bond donors (Lipinski definition) is 0. The lowest BCUT2D eigenvalue weighted by Gasteiger charge is -2.37. The van der Waals surface area contributed by atoms with Crippen molar-refractivity contribution >= 4 is 51.7 Å². The highest BCUT2D eigenvalue weighted by Crippen LogP contribution is 2.34. The number of amides is 1. The first-order chi connectivity index (χ1) is 19.3. The molecule has 3 heterocycles. The number of aromatic nitrogens is 5. The summed E-state index contributed by atoms with van der Waals surface area (Å²) in [5.74, 6) is 0.189. The Labute approximate surface area is 247 Å². The lowest BCUT2D eigenvalue weighted by atomic mass is 9.89. The van der Waals surface area contributed by atoms with Crippen LogP contribution in [0.2, 0.25) is 15.1 Å². The van der Waals surface area contributed by atoms with Gasteiger partial charge in [0.15, 0.2) is 0 Å². The van der Waals surface area contributed by atoms with Gasteiger partial charge < -0.3 is 9.47 Å². The second-order valence-electron chi connectivity index (χ2n) is 10.3. The molecule has 0 saturated carbocycles. The van der Waals surface area contributed by atoms with Gasteiger partial charge in [-0.3, -0.25) is 9.59 Å². The number of piperidine rings is 1. The van der Waals surface area contributed by atoms with Gasteiger partial charge in [0, 0.05) is 37.9 Å². The molecular formula is C29H31Cl3N6O2. The molecule has 0 N–H and O–H groups in total. The van der Waals surface area contributed by atoms with Gasteiger partial charge in [-0.15, -0.1) is 5.10 Å². The number of rotatable bonds is 8. The third-order valence-corrected chi connectivity index (χ3v) is 8.62. The van der Waals surface area contributed by atoms with Gasteiger partial charge in [-0.05, 0) is 50.5 Å². The minimum absolute atomic E-state index is 0.0238. The number of nitrogens with zero attached hydrogens (tertiary/aromatic N) is 6. The first-order valence-electron chi connectivity index (χ1n) is 13.6. The van der Waals surface area contributed by atoms with Crippen LogP contribution in [0.1, 0.15) is 63.3 Å². The van der Waals surface area contributed by atoms with Crippen molar-refractivity contribution in [3.05, 3.63) is 79.4 Å². The van der Waals surface area contributed by atoms with Crippen LogP contribution in [0.15, 0.2) is 47.4 Å². The minimum atomic E-state index is -0.100. The summed E-state index contributed by atoms with van der Waals surface area (Å²) in [6, 6.07) is 11.0. The summed E-state index contributed by atoms with van der Waals surface area (Å²) in [6.45, 7) is 5.41. The van der Waals surface area contributed by atoms with E-state index in [1.54, 1.807) is 21.4 Å². The predicted octanol–water partition coefficient (Wildman–Crippen LogP) is 6.46. The molecule has 4 aromatic rings. The number of aryl methyl sites for hydroxylation is 2. The van der Waals surface area contributed by atoms with Crippen LogP contribution in [0, 0.1) is 0 Å². The Morgan fingerprint density at radius 3 is 2.65 bits per heavy atom. The molecule has 1 fully saturated rings. The van der Waals surface area contributed by atoms with E-state index >= 15 is 0 Å². The smallest absolute Gasteiger partial charge is 0.272 e. The molecule has 2 atom stereocenters. The summed E-state index contributed by atoms with van der Waals surface area (Å²) < 4.78 is 3.41. The van der Waals surface area contributed by atoms with Crippen molar-refractivity contribution in [1.82, 2.24) is 29.4 Å². The van der Waals surface area contributed by atoms with Crippen LogP contribution in [0.4, 0.5) is 0 Å². The van der Waals surface area contributed by atoms with Crippen LogP contribution < -0.4 is 5.56 Å². The van der Waals surface area contributed by atoms with Crippen LogP contribution in [0.25, 0.3) is 16.7 Å². The van der Waals surface area contributed by atoms with Gasteiger partial charge in [0.1, 0.15) is 5.69 Å². The molecule has 5 rings (SSSR count). The average molecular weight is 602 g/mol. The lowest BCUT2D eigenvalue weighted by Crippen LogP contribution is -2.44. The van der Waals surface area contributed by atoms with E-state index in [4.69, 9.17) is 34.8 Å². The Kier molecular flexibility index (Phi) is 8.78. The standard InChI is InChI=1S/C29H31Cl3N6O2/c1-3-4-12-37-26-8-6-5-7-23(26)33-24(29(37)40)9-10-28(39)36-13-11-19(14-18(36)2)25-17-38(35-34-25)27-16-21(31)20(30)15-22(27)32/h5-8,15-19H,3-4,9-14H2,1-2H3. The van der Waals surface area contributed by atoms with Gasteiger partial charge in [-0.25, -0.2) is 9.67 Å². The third-order valence-electron chi connectivity index (χ3n) is 7.59. The van der Waals surface area contributed by atoms with Gasteiger partial charge in [0.25, 0.3) is 5.56 Å². The molecule has 2 aromatic heterocycles. The second-order valence-corrected chi connectivity index (χ2v) is 11.5. The van der Waals surface area contributed by atoms with Gasteiger partial charge >= 0.3 is 0 Å². The van der Waals surface area contributed by atoms with Crippen LogP contribution in [0.3, 0.4) is 0 Å². The second kappa shape index (κ2) is 12.3. The van der Waals surface area contributed by atoms with E-state index in [-0.39, 0.29) is 29.8 Å². The van der Waals surface area contributed by atoms with Crippen LogP contribution in [-0.2, 0) is 17.8 Å². The molecule has 0 spiro atoms. The van der Waals surface area contributed by atoms with E-state index in [2.05, 4.69) is 29.1 Å². The third kappa shape index (κ3) is 5.90. The quantitative estimate of drug-likeness (QED) is 0.216. The number of likely N-dealkylation sites (tertiary alicyclic amines) is 1. The number of carbonyl (C=O) groups excluding carboxylic acids is 1. The normalized spacial score (nSPS) is 17.5. The molecule has 2 unspecified atom stereocenters. The molecule has 40 heavy (non-hydrogen) atoms. The molecule has 1 amide bonds. The van der Waals surface area contributed by atoms with Gasteiger partial charge in [-0.1, -0.05) is 65.5 Å². The summed E-state index contributed by atoms with van der Waals surface area (Å²) in [6.07, 6.45) is 5.85. The SMILES string of the molecule is CCCCn1c(=O)c(CCC(=O)N2CCC(c3cn(-c4cc(Cl)c(Cl)cc4Cl)nn3)CC2C)nc2ccccc21. The zero-order valence-corrected chi connectivity index (χ0v) is 24.8. The van der Waals surface area contributed by atoms with Crippen molar-refractivity contribution in [3.63, 3.8) is 0 Å². The number of unbranched alkanes of at least 4 members (excludes halogenated alkanes) is 1. The fourth-order valence-corrected chi connectivity index (χ4v) is 6.02. The highest BCUT2D eigenvalue weighted by atomic mass is 35.5. The fraction of sp³-hybridized carbons (Fsp3) is 0.414. The van der Waals surface area contributed by atoms with Gasteiger partial charge in [0.2, 0.25) is 5.91 Å². The lowest BCUT2D eigenvalue weighted by molar-refractivity contribution is -0.134. The maximum atomic E-state index is 13.3. The maximum absolute atomic E-state index is 13.3. The highest BCUT2D eigenvalue weighted by Gasteiger charge is 2.31. The zero-order chi connectivity index (χ0) is 28.4. The minimum Gasteiger partial charge on any atom is -0.340 e. The number of halogens is 3. The van der Waals surface area contributed by atoms with Crippen LogP contribution in [0.5, 0.6) is 0 Å². The van der Waals surface area contributed by atoms with E-state index in [1.165, 1.54) is 0 Å². The number of para-hydroxylation sites is 2. The molecule has 0 radical (unpaired) electrons. The first-order valence-corrected chi connectivity index (χ1v) is 14.7. The van der Waals surface area contributed by atoms with Crippen molar-refractivity contribution in [2.24, 2.45) is 0 Å². The topological polar surface area (TPSA) is 85.9 Å². The molecule has 1 aliphatic rings. The summed E-state index contributed by atoms with van der Waals surface area (Å²) in [7, 11) is 0. The molecule has 8 nitrogen and oxygen atoms in total. The summed E-state index contributed by atoms with van der Waals surface area (Å²) in [4.78, 5) is 33.0. The van der Waals surface area contributed by atoms with E-state index in [1.807, 2.05) is 35.4 Å². The Balaban J connectivity index is 1.24. The van der Waals surface area contributed by atoms with E-state index in [0.29, 0.717) is 46.0 Å². The van der Waals surface area contributed by atoms with Crippen molar-refractivity contribution in [3.8, 4) is 5.69 Å². The van der Waals surface area contributed by atoms with Gasteiger partial charge in [0.05, 0.1) is 43.7 Å². The predicted molar refractivity (Wildman–Crippen MR) is 159 cm³/mol. The molecule has 1 saturated heterocycles. The highest BCUT2D eigenvalue weighted by molar-refractivity contribution is 6.43. The summed E-state index contributed by atoms with van der Waals surface area (Å²) in [5, 5.41) is 9.83. The van der Waals surface area contributed by atoms with Crippen LogP contribution in [-0.4, -0.2) is 47.9 Å². The monoisotopic (exact) mass is 600 g/mol. The zero-order valence-electron chi connectivity index (χ0n) is 22.5. The Morgan fingerprint density at radius 1 is 1.10 bits per heavy atom.